The Morgan fingerprint density at radius 3 is 1.82 bits per heavy atom. The number of benzene rings is 2. The van der Waals surface area contributed by atoms with Crippen molar-refractivity contribution in [2.45, 2.75) is 31.5 Å². The lowest BCUT2D eigenvalue weighted by molar-refractivity contribution is 0.0631. The summed E-state index contributed by atoms with van der Waals surface area (Å²) in [6, 6.07) is 17.2. The number of fused-ring (bicyclic) bond motifs is 4. The van der Waals surface area contributed by atoms with E-state index in [-0.39, 0.29) is 17.3 Å². The molecule has 1 unspecified atom stereocenters. The van der Waals surface area contributed by atoms with E-state index in [1.54, 1.807) is 0 Å². The third kappa shape index (κ3) is 2.63. The Labute approximate surface area is 163 Å². The minimum absolute atomic E-state index is 0.0826. The summed E-state index contributed by atoms with van der Waals surface area (Å²) in [6.45, 7) is 0.603. The minimum Gasteiger partial charge on any atom is -0.368 e. The van der Waals surface area contributed by atoms with E-state index in [9.17, 15) is 0 Å². The lowest BCUT2D eigenvalue weighted by Crippen LogP contribution is -2.66. The van der Waals surface area contributed by atoms with E-state index in [0.29, 0.717) is 12.4 Å². The number of nitrogens with zero attached hydrogens (tertiary/aromatic N) is 3. The molecular formula is C21H23N7. The number of hydrogen-bond donors (Lipinski definition) is 4. The quantitative estimate of drug-likeness (QED) is 0.506. The van der Waals surface area contributed by atoms with Crippen molar-refractivity contribution in [2.24, 2.45) is 11.1 Å². The predicted molar refractivity (Wildman–Crippen MR) is 108 cm³/mol. The Balaban J connectivity index is 1.72. The molecule has 7 N–H and O–H groups in total. The van der Waals surface area contributed by atoms with Crippen molar-refractivity contribution >= 4 is 11.9 Å². The van der Waals surface area contributed by atoms with Gasteiger partial charge in [0.1, 0.15) is 5.66 Å². The third-order valence-corrected chi connectivity index (χ3v) is 6.04. The van der Waals surface area contributed by atoms with Crippen LogP contribution in [0.2, 0.25) is 0 Å². The third-order valence-electron chi connectivity index (χ3n) is 6.04. The molecule has 3 aromatic rings. The highest BCUT2D eigenvalue weighted by Crippen LogP contribution is 2.47. The fraction of sp³-hybridized carbons (Fsp3) is 0.286. The van der Waals surface area contributed by atoms with Gasteiger partial charge in [0, 0.05) is 12.0 Å². The molecule has 1 aliphatic carbocycles. The smallest absolute Gasteiger partial charge is 0.225 e. The highest BCUT2D eigenvalue weighted by atomic mass is 15.2. The topological polar surface area (TPSA) is 129 Å². The maximum atomic E-state index is 7.17. The highest BCUT2D eigenvalue weighted by molar-refractivity contribution is 5.38. The summed E-state index contributed by atoms with van der Waals surface area (Å²) in [5.41, 5.74) is 22.5. The summed E-state index contributed by atoms with van der Waals surface area (Å²) in [5, 5.41) is 3.56. The molecule has 7 heteroatoms. The molecule has 5 rings (SSSR count). The summed E-state index contributed by atoms with van der Waals surface area (Å²) in [5.74, 6) is 0.561. The van der Waals surface area contributed by atoms with Gasteiger partial charge in [-0.3, -0.25) is 5.32 Å². The molecular weight excluding hydrogens is 350 g/mol. The second-order valence-electron chi connectivity index (χ2n) is 7.99. The van der Waals surface area contributed by atoms with Crippen LogP contribution in [-0.2, 0) is 31.5 Å². The molecule has 1 aromatic heterocycles. The van der Waals surface area contributed by atoms with Crippen LogP contribution >= 0.6 is 0 Å². The van der Waals surface area contributed by atoms with E-state index in [1.807, 2.05) is 0 Å². The Morgan fingerprint density at radius 1 is 0.750 bits per heavy atom. The van der Waals surface area contributed by atoms with E-state index in [2.05, 4.69) is 68.8 Å². The first-order valence-corrected chi connectivity index (χ1v) is 9.43. The lowest BCUT2D eigenvalue weighted by Gasteiger charge is -2.51. The van der Waals surface area contributed by atoms with Crippen molar-refractivity contribution < 1.29 is 0 Å². The number of nitrogens with two attached hydrogens (primary N) is 3. The highest BCUT2D eigenvalue weighted by Gasteiger charge is 2.53. The van der Waals surface area contributed by atoms with Gasteiger partial charge < -0.3 is 17.2 Å². The van der Waals surface area contributed by atoms with Crippen molar-refractivity contribution in [3.8, 4) is 0 Å². The number of aromatic nitrogens is 3. The van der Waals surface area contributed by atoms with Crippen molar-refractivity contribution in [3.63, 3.8) is 0 Å². The van der Waals surface area contributed by atoms with Gasteiger partial charge in [-0.2, -0.15) is 15.0 Å². The molecule has 0 saturated carbocycles. The fourth-order valence-corrected chi connectivity index (χ4v) is 4.81. The van der Waals surface area contributed by atoms with Gasteiger partial charge in [0.25, 0.3) is 0 Å². The Kier molecular flexibility index (Phi) is 3.65. The molecule has 4 bridgehead atoms. The lowest BCUT2D eigenvalue weighted by atomic mass is 9.61. The van der Waals surface area contributed by atoms with Crippen molar-refractivity contribution in [2.75, 3.05) is 11.5 Å². The van der Waals surface area contributed by atoms with E-state index < -0.39 is 5.66 Å². The van der Waals surface area contributed by atoms with Gasteiger partial charge in [-0.1, -0.05) is 48.5 Å². The van der Waals surface area contributed by atoms with Gasteiger partial charge >= 0.3 is 0 Å². The van der Waals surface area contributed by atoms with E-state index in [1.165, 1.54) is 22.3 Å². The molecule has 2 aliphatic rings. The monoisotopic (exact) mass is 373 g/mol. The largest absolute Gasteiger partial charge is 0.368 e. The predicted octanol–water partition coefficient (Wildman–Crippen LogP) is 1.28. The van der Waals surface area contributed by atoms with Crippen molar-refractivity contribution in [3.05, 3.63) is 76.6 Å². The van der Waals surface area contributed by atoms with Gasteiger partial charge in [0.2, 0.25) is 11.9 Å². The maximum absolute atomic E-state index is 7.17. The molecule has 2 heterocycles. The van der Waals surface area contributed by atoms with Gasteiger partial charge in [0.05, 0.1) is 0 Å². The van der Waals surface area contributed by atoms with E-state index in [4.69, 9.17) is 17.2 Å². The number of nitrogens with one attached hydrogen (secondary N) is 1. The molecule has 0 amide bonds. The average molecular weight is 373 g/mol. The number of nitrogen functional groups attached to an aromatic ring is 2. The fourth-order valence-electron chi connectivity index (χ4n) is 4.81. The molecule has 1 atom stereocenters. The Morgan fingerprint density at radius 2 is 1.25 bits per heavy atom. The molecule has 1 aliphatic heterocycles. The second kappa shape index (κ2) is 5.98. The normalized spacial score (nSPS) is 22.5. The Hall–Kier alpha value is -3.03. The van der Waals surface area contributed by atoms with Gasteiger partial charge in [-0.25, -0.2) is 0 Å². The van der Waals surface area contributed by atoms with Crippen LogP contribution in [0.15, 0.2) is 48.5 Å². The van der Waals surface area contributed by atoms with Crippen LogP contribution in [0.3, 0.4) is 0 Å². The first-order chi connectivity index (χ1) is 13.5. The molecule has 0 radical (unpaired) electrons. The zero-order valence-corrected chi connectivity index (χ0v) is 15.5. The summed E-state index contributed by atoms with van der Waals surface area (Å²) in [7, 11) is 0. The van der Waals surface area contributed by atoms with Gasteiger partial charge in [-0.05, 0) is 41.5 Å². The Bertz CT molecular complexity index is 1020. The van der Waals surface area contributed by atoms with Gasteiger partial charge in [-0.15, -0.1) is 0 Å². The standard InChI is InChI=1S/C21H23N7/c22-18-26-17(27-19(23)28-18)21(24)20(9-13-3-1-4-14(7-13)10-20)11-15-5-2-6-16(8-15)12-25-21/h1-8,25H,9-12,24H2,(H4,22,23,26,27,28). The van der Waals surface area contributed by atoms with Crippen LogP contribution in [0.4, 0.5) is 11.9 Å². The first kappa shape index (κ1) is 17.1. The number of anilines is 2. The molecule has 2 aromatic carbocycles. The van der Waals surface area contributed by atoms with Crippen molar-refractivity contribution in [1.82, 2.24) is 20.3 Å². The van der Waals surface area contributed by atoms with Crippen LogP contribution in [0.1, 0.15) is 28.1 Å². The van der Waals surface area contributed by atoms with Crippen molar-refractivity contribution in [1.29, 1.82) is 0 Å². The molecule has 28 heavy (non-hydrogen) atoms. The number of hydrogen-bond acceptors (Lipinski definition) is 7. The summed E-state index contributed by atoms with van der Waals surface area (Å²) < 4.78 is 0. The molecule has 7 nitrogen and oxygen atoms in total. The number of rotatable bonds is 1. The maximum Gasteiger partial charge on any atom is 0.225 e. The van der Waals surface area contributed by atoms with Crippen LogP contribution in [0.5, 0.6) is 0 Å². The average Bonchev–Trinajstić information content (AvgIpc) is 2.64. The van der Waals surface area contributed by atoms with Crippen LogP contribution in [0.25, 0.3) is 0 Å². The molecule has 1 spiro atoms. The summed E-state index contributed by atoms with van der Waals surface area (Å²) >= 11 is 0. The zero-order chi connectivity index (χ0) is 19.4. The van der Waals surface area contributed by atoms with Crippen LogP contribution in [0, 0.1) is 5.41 Å². The molecule has 142 valence electrons. The second-order valence-corrected chi connectivity index (χ2v) is 7.99. The zero-order valence-electron chi connectivity index (χ0n) is 15.5. The van der Waals surface area contributed by atoms with Crippen LogP contribution in [-0.4, -0.2) is 15.0 Å². The van der Waals surface area contributed by atoms with E-state index >= 15 is 0 Å². The first-order valence-electron chi connectivity index (χ1n) is 9.43. The SMILES string of the molecule is Nc1nc(N)nc(C2(N)NCc3cccc(c3)CC23Cc2cccc(c2)C3)n1. The molecule has 0 saturated heterocycles. The molecule has 0 fully saturated rings. The summed E-state index contributed by atoms with van der Waals surface area (Å²) in [4.78, 5) is 12.8. The minimum atomic E-state index is -1.02. The van der Waals surface area contributed by atoms with E-state index in [0.717, 1.165) is 19.3 Å². The summed E-state index contributed by atoms with van der Waals surface area (Å²) in [6.07, 6.45) is 2.40. The van der Waals surface area contributed by atoms with Crippen LogP contribution < -0.4 is 22.5 Å². The van der Waals surface area contributed by atoms with Gasteiger partial charge in [0.15, 0.2) is 5.82 Å².